The van der Waals surface area contributed by atoms with Gasteiger partial charge in [-0.1, -0.05) is 26.7 Å². The zero-order valence-electron chi connectivity index (χ0n) is 8.14. The first-order chi connectivity index (χ1) is 5.77. The van der Waals surface area contributed by atoms with Gasteiger partial charge in [0.2, 0.25) is 0 Å². The molecular formula is C10H20N2. The molecule has 0 amide bonds. The molecule has 70 valence electrons. The molecule has 1 saturated carbocycles. The average molecular weight is 168 g/mol. The van der Waals surface area contributed by atoms with Gasteiger partial charge in [0.1, 0.15) is 0 Å². The van der Waals surface area contributed by atoms with Crippen molar-refractivity contribution in [3.8, 4) is 0 Å². The molecule has 1 heterocycles. The predicted octanol–water partition coefficient (Wildman–Crippen LogP) is 1.47. The van der Waals surface area contributed by atoms with Gasteiger partial charge in [0.25, 0.3) is 0 Å². The fourth-order valence-corrected chi connectivity index (χ4v) is 2.42. The van der Waals surface area contributed by atoms with Crippen LogP contribution in [0.5, 0.6) is 0 Å². The molecule has 1 saturated heterocycles. The molecule has 2 fully saturated rings. The van der Waals surface area contributed by atoms with Crippen molar-refractivity contribution >= 4 is 0 Å². The Morgan fingerprint density at radius 3 is 1.92 bits per heavy atom. The lowest BCUT2D eigenvalue weighted by Gasteiger charge is -2.23. The molecule has 0 spiro atoms. The van der Waals surface area contributed by atoms with E-state index >= 15 is 0 Å². The molecule has 2 aliphatic rings. The third-order valence-corrected chi connectivity index (χ3v) is 3.22. The Morgan fingerprint density at radius 2 is 1.50 bits per heavy atom. The molecular weight excluding hydrogens is 148 g/mol. The third kappa shape index (κ3) is 1.50. The van der Waals surface area contributed by atoms with Crippen molar-refractivity contribution < 1.29 is 0 Å². The third-order valence-electron chi connectivity index (χ3n) is 3.22. The summed E-state index contributed by atoms with van der Waals surface area (Å²) < 4.78 is 0. The molecule has 2 N–H and O–H groups in total. The van der Waals surface area contributed by atoms with Gasteiger partial charge in [-0.05, 0) is 18.8 Å². The van der Waals surface area contributed by atoms with E-state index < -0.39 is 0 Å². The highest BCUT2D eigenvalue weighted by Gasteiger charge is 2.35. The Hall–Kier alpha value is -0.0800. The average Bonchev–Trinajstić information content (AvgIpc) is 2.46. The SMILES string of the molecule is CC(C)C1NC2CCCCC2N1. The zero-order valence-corrected chi connectivity index (χ0v) is 8.14. The summed E-state index contributed by atoms with van der Waals surface area (Å²) in [7, 11) is 0. The first kappa shape index (κ1) is 8.52. The smallest absolute Gasteiger partial charge is 0.0600 e. The maximum absolute atomic E-state index is 3.68. The van der Waals surface area contributed by atoms with Crippen LogP contribution in [0.25, 0.3) is 0 Å². The van der Waals surface area contributed by atoms with Gasteiger partial charge < -0.3 is 0 Å². The lowest BCUT2D eigenvalue weighted by Crippen LogP contribution is -2.38. The fraction of sp³-hybridized carbons (Fsp3) is 1.00. The summed E-state index contributed by atoms with van der Waals surface area (Å²) in [5.41, 5.74) is 0. The van der Waals surface area contributed by atoms with Gasteiger partial charge in [0, 0.05) is 12.1 Å². The Balaban J connectivity index is 1.94. The van der Waals surface area contributed by atoms with Crippen molar-refractivity contribution in [3.63, 3.8) is 0 Å². The van der Waals surface area contributed by atoms with E-state index in [1.165, 1.54) is 25.7 Å². The monoisotopic (exact) mass is 168 g/mol. The van der Waals surface area contributed by atoms with Crippen LogP contribution in [0.2, 0.25) is 0 Å². The van der Waals surface area contributed by atoms with Crippen molar-refractivity contribution in [2.45, 2.75) is 57.8 Å². The number of fused-ring (bicyclic) bond motifs is 1. The summed E-state index contributed by atoms with van der Waals surface area (Å²) in [6, 6.07) is 1.54. The minimum Gasteiger partial charge on any atom is -0.297 e. The summed E-state index contributed by atoms with van der Waals surface area (Å²) in [6.45, 7) is 4.56. The van der Waals surface area contributed by atoms with Crippen LogP contribution in [0.3, 0.4) is 0 Å². The second-order valence-corrected chi connectivity index (χ2v) is 4.55. The molecule has 2 heteroatoms. The zero-order chi connectivity index (χ0) is 8.55. The van der Waals surface area contributed by atoms with Crippen LogP contribution in [0.4, 0.5) is 0 Å². The van der Waals surface area contributed by atoms with Crippen LogP contribution in [0.15, 0.2) is 0 Å². The first-order valence-electron chi connectivity index (χ1n) is 5.29. The van der Waals surface area contributed by atoms with E-state index in [1.54, 1.807) is 0 Å². The van der Waals surface area contributed by atoms with E-state index in [2.05, 4.69) is 24.5 Å². The topological polar surface area (TPSA) is 24.1 Å². The molecule has 1 aliphatic heterocycles. The van der Waals surface area contributed by atoms with E-state index in [1.807, 2.05) is 0 Å². The summed E-state index contributed by atoms with van der Waals surface area (Å²) in [6.07, 6.45) is 6.15. The molecule has 12 heavy (non-hydrogen) atoms. The van der Waals surface area contributed by atoms with Gasteiger partial charge in [0.05, 0.1) is 6.17 Å². The molecule has 2 rings (SSSR count). The number of hydrogen-bond acceptors (Lipinski definition) is 2. The molecule has 1 aliphatic carbocycles. The minimum atomic E-state index is 0.568. The van der Waals surface area contributed by atoms with Gasteiger partial charge in [0.15, 0.2) is 0 Å². The van der Waals surface area contributed by atoms with Gasteiger partial charge in [-0.25, -0.2) is 0 Å². The summed E-state index contributed by atoms with van der Waals surface area (Å²) >= 11 is 0. The molecule has 2 unspecified atom stereocenters. The van der Waals surface area contributed by atoms with Gasteiger partial charge >= 0.3 is 0 Å². The summed E-state index contributed by atoms with van der Waals surface area (Å²) in [4.78, 5) is 0. The minimum absolute atomic E-state index is 0.568. The van der Waals surface area contributed by atoms with Crippen LogP contribution in [0, 0.1) is 5.92 Å². The van der Waals surface area contributed by atoms with E-state index in [-0.39, 0.29) is 0 Å². The number of hydrogen-bond donors (Lipinski definition) is 2. The Morgan fingerprint density at radius 1 is 1.00 bits per heavy atom. The molecule has 0 aromatic carbocycles. The van der Waals surface area contributed by atoms with E-state index in [9.17, 15) is 0 Å². The summed E-state index contributed by atoms with van der Waals surface area (Å²) in [5.74, 6) is 0.718. The second kappa shape index (κ2) is 3.35. The molecule has 0 aromatic rings. The fourth-order valence-electron chi connectivity index (χ4n) is 2.42. The normalized spacial score (nSPS) is 41.8. The van der Waals surface area contributed by atoms with Gasteiger partial charge in [-0.15, -0.1) is 0 Å². The molecule has 0 aromatic heterocycles. The van der Waals surface area contributed by atoms with Crippen LogP contribution in [-0.4, -0.2) is 18.2 Å². The van der Waals surface area contributed by atoms with Crippen LogP contribution in [-0.2, 0) is 0 Å². The number of rotatable bonds is 1. The Kier molecular flexibility index (Phi) is 2.37. The number of nitrogens with one attached hydrogen (secondary N) is 2. The van der Waals surface area contributed by atoms with E-state index in [0.29, 0.717) is 6.17 Å². The van der Waals surface area contributed by atoms with Crippen molar-refractivity contribution in [1.82, 2.24) is 10.6 Å². The maximum atomic E-state index is 3.68. The molecule has 0 radical (unpaired) electrons. The van der Waals surface area contributed by atoms with E-state index in [4.69, 9.17) is 0 Å². The van der Waals surface area contributed by atoms with Crippen molar-refractivity contribution in [1.29, 1.82) is 0 Å². The predicted molar refractivity (Wildman–Crippen MR) is 50.9 cm³/mol. The van der Waals surface area contributed by atoms with Gasteiger partial charge in [-0.3, -0.25) is 10.6 Å². The highest BCUT2D eigenvalue weighted by molar-refractivity contribution is 4.95. The quantitative estimate of drug-likeness (QED) is 0.619. The molecule has 2 atom stereocenters. The van der Waals surface area contributed by atoms with Crippen molar-refractivity contribution in [3.05, 3.63) is 0 Å². The van der Waals surface area contributed by atoms with Gasteiger partial charge in [-0.2, -0.15) is 0 Å². The van der Waals surface area contributed by atoms with Crippen LogP contribution in [0.1, 0.15) is 39.5 Å². The van der Waals surface area contributed by atoms with Crippen molar-refractivity contribution in [2.24, 2.45) is 5.92 Å². The van der Waals surface area contributed by atoms with Crippen molar-refractivity contribution in [2.75, 3.05) is 0 Å². The standard InChI is InChI=1S/C10H20N2/c1-7(2)10-11-8-5-3-4-6-9(8)12-10/h7-12H,3-6H2,1-2H3. The molecule has 2 nitrogen and oxygen atoms in total. The summed E-state index contributed by atoms with van der Waals surface area (Å²) in [5, 5.41) is 7.36. The molecule has 0 bridgehead atoms. The largest absolute Gasteiger partial charge is 0.297 e. The lowest BCUT2D eigenvalue weighted by atomic mass is 9.92. The highest BCUT2D eigenvalue weighted by atomic mass is 15.2. The van der Waals surface area contributed by atoms with Crippen LogP contribution >= 0.6 is 0 Å². The lowest BCUT2D eigenvalue weighted by molar-refractivity contribution is 0.374. The first-order valence-corrected chi connectivity index (χ1v) is 5.29. The maximum Gasteiger partial charge on any atom is 0.0600 e. The highest BCUT2D eigenvalue weighted by Crippen LogP contribution is 2.24. The second-order valence-electron chi connectivity index (χ2n) is 4.55. The van der Waals surface area contributed by atoms with Crippen LogP contribution < -0.4 is 10.6 Å². The Bertz CT molecular complexity index is 142. The van der Waals surface area contributed by atoms with E-state index in [0.717, 1.165) is 18.0 Å². The Labute approximate surface area is 75.1 Å².